The van der Waals surface area contributed by atoms with Gasteiger partial charge < -0.3 is 20.3 Å². The third-order valence-electron chi connectivity index (χ3n) is 4.89. The van der Waals surface area contributed by atoms with Gasteiger partial charge in [0.25, 0.3) is 11.8 Å². The van der Waals surface area contributed by atoms with Gasteiger partial charge in [-0.25, -0.2) is 0 Å². The van der Waals surface area contributed by atoms with Crippen LogP contribution in [0.1, 0.15) is 47.1 Å². The van der Waals surface area contributed by atoms with Crippen LogP contribution in [0.3, 0.4) is 0 Å². The molecule has 0 aromatic heterocycles. The molecule has 2 N–H and O–H groups in total. The monoisotopic (exact) mass is 425 g/mol. The number of rotatable bonds is 9. The molecule has 0 unspecified atom stereocenters. The first-order chi connectivity index (χ1) is 14.8. The highest BCUT2D eigenvalue weighted by Gasteiger charge is 2.27. The second-order valence-corrected chi connectivity index (χ2v) is 7.62. The zero-order valence-corrected chi connectivity index (χ0v) is 18.8. The van der Waals surface area contributed by atoms with Crippen LogP contribution in [0.5, 0.6) is 5.75 Å². The summed E-state index contributed by atoms with van der Waals surface area (Å²) in [5.41, 5.74) is 1.92. The minimum atomic E-state index is -0.658. The molecule has 0 spiro atoms. The lowest BCUT2D eigenvalue weighted by Crippen LogP contribution is -2.50. The lowest BCUT2D eigenvalue weighted by molar-refractivity contribution is -0.133. The van der Waals surface area contributed by atoms with Crippen LogP contribution in [0, 0.1) is 5.92 Å². The van der Waals surface area contributed by atoms with Crippen molar-refractivity contribution in [1.29, 1.82) is 0 Å². The first-order valence-electron chi connectivity index (χ1n) is 10.4. The van der Waals surface area contributed by atoms with Crippen molar-refractivity contribution >= 4 is 17.7 Å². The van der Waals surface area contributed by atoms with Crippen molar-refractivity contribution in [2.75, 3.05) is 20.7 Å². The molecule has 31 heavy (non-hydrogen) atoms. The Hall–Kier alpha value is -3.35. The van der Waals surface area contributed by atoms with Crippen LogP contribution in [-0.2, 0) is 11.3 Å². The molecule has 3 amide bonds. The summed E-state index contributed by atoms with van der Waals surface area (Å²) < 4.78 is 5.40. The lowest BCUT2D eigenvalue weighted by Gasteiger charge is -2.27. The molecule has 0 aliphatic carbocycles. The molecule has 166 valence electrons. The summed E-state index contributed by atoms with van der Waals surface area (Å²) in [6.45, 7) is 6.61. The van der Waals surface area contributed by atoms with Gasteiger partial charge in [0.05, 0.1) is 6.61 Å². The van der Waals surface area contributed by atoms with E-state index >= 15 is 0 Å². The molecule has 2 aromatic rings. The molecule has 0 heterocycles. The van der Waals surface area contributed by atoms with E-state index in [2.05, 4.69) is 10.6 Å². The first-order valence-corrected chi connectivity index (χ1v) is 10.4. The number of hydrogen-bond donors (Lipinski definition) is 2. The number of amides is 3. The van der Waals surface area contributed by atoms with Gasteiger partial charge in [0.15, 0.2) is 0 Å². The van der Waals surface area contributed by atoms with Gasteiger partial charge in [0.1, 0.15) is 11.8 Å². The van der Waals surface area contributed by atoms with Gasteiger partial charge in [-0.2, -0.15) is 0 Å². The Morgan fingerprint density at radius 1 is 0.935 bits per heavy atom. The Kier molecular flexibility index (Phi) is 8.61. The number of carbonyl (C=O) groups is 3. The normalized spacial score (nSPS) is 11.5. The molecule has 1 atom stereocenters. The third-order valence-corrected chi connectivity index (χ3v) is 4.89. The van der Waals surface area contributed by atoms with Crippen molar-refractivity contribution in [3.63, 3.8) is 0 Å². The van der Waals surface area contributed by atoms with Gasteiger partial charge in [-0.3, -0.25) is 14.4 Å². The van der Waals surface area contributed by atoms with Crippen LogP contribution < -0.4 is 15.4 Å². The maximum Gasteiger partial charge on any atom is 0.251 e. The molecule has 0 saturated carbocycles. The van der Waals surface area contributed by atoms with Gasteiger partial charge >= 0.3 is 0 Å². The molecular weight excluding hydrogens is 394 g/mol. The Balaban J connectivity index is 2.04. The zero-order chi connectivity index (χ0) is 23.0. The molecule has 7 heteroatoms. The predicted molar refractivity (Wildman–Crippen MR) is 120 cm³/mol. The van der Waals surface area contributed by atoms with Gasteiger partial charge in [0.2, 0.25) is 5.91 Å². The molecule has 0 fully saturated rings. The fourth-order valence-corrected chi connectivity index (χ4v) is 3.10. The summed E-state index contributed by atoms with van der Waals surface area (Å²) in [5, 5.41) is 5.44. The van der Waals surface area contributed by atoms with E-state index in [0.717, 1.165) is 5.56 Å². The molecule has 0 saturated heterocycles. The fraction of sp³-hybridized carbons (Fsp3) is 0.375. The van der Waals surface area contributed by atoms with E-state index in [-0.39, 0.29) is 23.6 Å². The van der Waals surface area contributed by atoms with E-state index in [9.17, 15) is 14.4 Å². The number of benzene rings is 2. The van der Waals surface area contributed by atoms with Gasteiger partial charge in [-0.05, 0) is 54.8 Å². The van der Waals surface area contributed by atoms with Crippen LogP contribution in [-0.4, -0.2) is 49.4 Å². The SMILES string of the molecule is CCOc1ccc(C(=O)N[C@H](C(=O)N(C)Cc2ccc(C(=O)NC)cc2)C(C)C)cc1. The number of likely N-dealkylation sites (N-methyl/N-ethyl adjacent to an activating group) is 1. The highest BCUT2D eigenvalue weighted by molar-refractivity contribution is 5.97. The minimum Gasteiger partial charge on any atom is -0.494 e. The Bertz CT molecular complexity index is 892. The smallest absolute Gasteiger partial charge is 0.251 e. The van der Waals surface area contributed by atoms with E-state index in [1.165, 1.54) is 0 Å². The van der Waals surface area contributed by atoms with E-state index in [0.29, 0.717) is 30.0 Å². The van der Waals surface area contributed by atoms with Crippen molar-refractivity contribution in [2.45, 2.75) is 33.4 Å². The third kappa shape index (κ3) is 6.57. The molecule has 0 aliphatic heterocycles. The highest BCUT2D eigenvalue weighted by atomic mass is 16.5. The molecule has 2 rings (SSSR count). The van der Waals surface area contributed by atoms with Gasteiger partial charge in [0, 0.05) is 31.8 Å². The average molecular weight is 426 g/mol. The molecule has 7 nitrogen and oxygen atoms in total. The van der Waals surface area contributed by atoms with Gasteiger partial charge in [-0.15, -0.1) is 0 Å². The number of ether oxygens (including phenoxy) is 1. The fourth-order valence-electron chi connectivity index (χ4n) is 3.10. The van der Waals surface area contributed by atoms with E-state index < -0.39 is 6.04 Å². The lowest BCUT2D eigenvalue weighted by atomic mass is 10.0. The van der Waals surface area contributed by atoms with Crippen molar-refractivity contribution in [3.05, 3.63) is 65.2 Å². The second-order valence-electron chi connectivity index (χ2n) is 7.62. The van der Waals surface area contributed by atoms with Crippen LogP contribution in [0.2, 0.25) is 0 Å². The molecule has 0 bridgehead atoms. The van der Waals surface area contributed by atoms with Crippen molar-refractivity contribution in [3.8, 4) is 5.75 Å². The highest BCUT2D eigenvalue weighted by Crippen LogP contribution is 2.14. The van der Waals surface area contributed by atoms with E-state index in [1.807, 2.05) is 32.9 Å². The second kappa shape index (κ2) is 11.2. The van der Waals surface area contributed by atoms with Crippen LogP contribution >= 0.6 is 0 Å². The summed E-state index contributed by atoms with van der Waals surface area (Å²) in [7, 11) is 3.28. The van der Waals surface area contributed by atoms with E-state index in [4.69, 9.17) is 4.74 Å². The van der Waals surface area contributed by atoms with Crippen molar-refractivity contribution in [2.24, 2.45) is 5.92 Å². The topological polar surface area (TPSA) is 87.7 Å². The summed E-state index contributed by atoms with van der Waals surface area (Å²) in [5.74, 6) is -0.0362. The number of nitrogens with one attached hydrogen (secondary N) is 2. The average Bonchev–Trinajstić information content (AvgIpc) is 2.77. The molecule has 0 aliphatic rings. The summed E-state index contributed by atoms with van der Waals surface area (Å²) >= 11 is 0. The summed E-state index contributed by atoms with van der Waals surface area (Å²) in [6.07, 6.45) is 0. The predicted octanol–water partition coefficient (Wildman–Crippen LogP) is 2.86. The molecule has 2 aromatic carbocycles. The van der Waals surface area contributed by atoms with E-state index in [1.54, 1.807) is 55.4 Å². The largest absolute Gasteiger partial charge is 0.494 e. The Morgan fingerprint density at radius 3 is 2.00 bits per heavy atom. The Morgan fingerprint density at radius 2 is 1.48 bits per heavy atom. The number of nitrogens with zero attached hydrogens (tertiary/aromatic N) is 1. The van der Waals surface area contributed by atoms with Crippen LogP contribution in [0.4, 0.5) is 0 Å². The summed E-state index contributed by atoms with van der Waals surface area (Å²) in [6, 6.07) is 13.3. The summed E-state index contributed by atoms with van der Waals surface area (Å²) in [4.78, 5) is 39.0. The maximum atomic E-state index is 13.0. The Labute approximate surface area is 183 Å². The van der Waals surface area contributed by atoms with Crippen LogP contribution in [0.25, 0.3) is 0 Å². The number of hydrogen-bond acceptors (Lipinski definition) is 4. The molecular formula is C24H31N3O4. The first kappa shape index (κ1) is 23.9. The quantitative estimate of drug-likeness (QED) is 0.647. The van der Waals surface area contributed by atoms with Gasteiger partial charge in [-0.1, -0.05) is 26.0 Å². The van der Waals surface area contributed by atoms with Crippen molar-refractivity contribution < 1.29 is 19.1 Å². The van der Waals surface area contributed by atoms with Crippen molar-refractivity contribution in [1.82, 2.24) is 15.5 Å². The maximum absolute atomic E-state index is 13.0. The van der Waals surface area contributed by atoms with Crippen LogP contribution in [0.15, 0.2) is 48.5 Å². The number of carbonyl (C=O) groups excluding carboxylic acids is 3. The zero-order valence-electron chi connectivity index (χ0n) is 18.8. The minimum absolute atomic E-state index is 0.0859. The standard InChI is InChI=1S/C24H31N3O4/c1-6-31-20-13-11-19(12-14-20)23(29)26-21(16(2)3)24(30)27(5)15-17-7-9-18(10-8-17)22(28)25-4/h7-14,16,21H,6,15H2,1-5H3,(H,25,28)(H,26,29)/t21-/m0/s1. The molecule has 0 radical (unpaired) electrons.